The van der Waals surface area contributed by atoms with Crippen LogP contribution in [0.2, 0.25) is 0 Å². The minimum atomic E-state index is -2.63. The van der Waals surface area contributed by atoms with Gasteiger partial charge in [-0.25, -0.2) is 13.5 Å². The summed E-state index contributed by atoms with van der Waals surface area (Å²) in [6, 6.07) is 11.2. The van der Waals surface area contributed by atoms with Gasteiger partial charge in [-0.3, -0.25) is 10.1 Å². The minimum Gasteiger partial charge on any atom is -0.373 e. The van der Waals surface area contributed by atoms with Crippen molar-refractivity contribution in [2.75, 3.05) is 18.5 Å². The van der Waals surface area contributed by atoms with Crippen LogP contribution in [-0.2, 0) is 13.5 Å². The zero-order valence-electron chi connectivity index (χ0n) is 19.4. The Morgan fingerprint density at radius 1 is 1.15 bits per heavy atom. The summed E-state index contributed by atoms with van der Waals surface area (Å²) in [5.74, 6) is -2.08. The quantitative estimate of drug-likeness (QED) is 0.619. The van der Waals surface area contributed by atoms with E-state index >= 15 is 0 Å². The van der Waals surface area contributed by atoms with Crippen LogP contribution in [0, 0.1) is 0 Å². The Bertz CT molecular complexity index is 1210. The molecular weight excluding hydrogens is 440 g/mol. The van der Waals surface area contributed by atoms with Gasteiger partial charge in [-0.05, 0) is 52.9 Å². The van der Waals surface area contributed by atoms with Gasteiger partial charge in [-0.1, -0.05) is 18.2 Å². The SMILES string of the molecule is CN1CC(NC(c2ccn(C)c(=O)c2)c2nnnn2C2CCC(F)(F)CC2)Cc2ccccc21. The summed E-state index contributed by atoms with van der Waals surface area (Å²) < 4.78 is 30.8. The molecule has 2 aliphatic rings. The van der Waals surface area contributed by atoms with Gasteiger partial charge in [0.1, 0.15) is 0 Å². The van der Waals surface area contributed by atoms with Crippen molar-refractivity contribution >= 4 is 5.69 Å². The third-order valence-electron chi connectivity index (χ3n) is 7.04. The normalized spacial score (nSPS) is 21.3. The van der Waals surface area contributed by atoms with E-state index in [1.807, 2.05) is 18.2 Å². The number of benzene rings is 1. The highest BCUT2D eigenvalue weighted by atomic mass is 19.3. The highest BCUT2D eigenvalue weighted by Crippen LogP contribution is 2.39. The summed E-state index contributed by atoms with van der Waals surface area (Å²) in [5, 5.41) is 16.1. The second kappa shape index (κ2) is 8.90. The molecule has 1 aliphatic heterocycles. The zero-order valence-corrected chi connectivity index (χ0v) is 19.4. The Morgan fingerprint density at radius 3 is 2.68 bits per heavy atom. The average Bonchev–Trinajstić information content (AvgIpc) is 3.29. The molecule has 2 unspecified atom stereocenters. The number of para-hydroxylation sites is 1. The first-order valence-corrected chi connectivity index (χ1v) is 11.7. The summed E-state index contributed by atoms with van der Waals surface area (Å²) in [5.41, 5.74) is 3.07. The van der Waals surface area contributed by atoms with Crippen LogP contribution in [0.4, 0.5) is 14.5 Å². The summed E-state index contributed by atoms with van der Waals surface area (Å²) in [4.78, 5) is 14.7. The van der Waals surface area contributed by atoms with E-state index in [9.17, 15) is 13.6 Å². The number of halogens is 2. The molecule has 3 heterocycles. The summed E-state index contributed by atoms with van der Waals surface area (Å²) in [7, 11) is 3.76. The standard InChI is InChI=1S/C24H29F2N7O/c1-31-12-9-17(14-21(31)34)22(27-18-13-16-5-3-4-6-20(16)32(2)15-18)23-28-29-30-33(23)19-7-10-24(25,26)11-8-19/h3-6,9,12,14,18-19,22,27H,7-8,10-11,13,15H2,1-2H3. The number of hydrogen-bond acceptors (Lipinski definition) is 6. The molecule has 1 aromatic carbocycles. The fourth-order valence-electron chi connectivity index (χ4n) is 5.15. The highest BCUT2D eigenvalue weighted by Gasteiger charge is 2.38. The van der Waals surface area contributed by atoms with Crippen molar-refractivity contribution in [1.82, 2.24) is 30.1 Å². The fourth-order valence-corrected chi connectivity index (χ4v) is 5.15. The van der Waals surface area contributed by atoms with Crippen molar-refractivity contribution in [1.29, 1.82) is 0 Å². The molecule has 1 aliphatic carbocycles. The number of aryl methyl sites for hydroxylation is 1. The van der Waals surface area contributed by atoms with Crippen LogP contribution >= 0.6 is 0 Å². The topological polar surface area (TPSA) is 80.9 Å². The predicted octanol–water partition coefficient (Wildman–Crippen LogP) is 2.86. The number of hydrogen-bond donors (Lipinski definition) is 1. The smallest absolute Gasteiger partial charge is 0.250 e. The van der Waals surface area contributed by atoms with Crippen molar-refractivity contribution in [2.45, 2.75) is 56.2 Å². The number of pyridine rings is 1. The van der Waals surface area contributed by atoms with Crippen LogP contribution < -0.4 is 15.8 Å². The van der Waals surface area contributed by atoms with E-state index in [0.29, 0.717) is 18.7 Å². The Morgan fingerprint density at radius 2 is 1.91 bits per heavy atom. The second-order valence-electron chi connectivity index (χ2n) is 9.49. The molecule has 0 saturated heterocycles. The molecule has 3 aromatic rings. The van der Waals surface area contributed by atoms with Crippen LogP contribution in [0.15, 0.2) is 47.4 Å². The molecule has 180 valence electrons. The number of nitrogens with zero attached hydrogens (tertiary/aromatic N) is 6. The largest absolute Gasteiger partial charge is 0.373 e. The van der Waals surface area contributed by atoms with Crippen LogP contribution in [0.25, 0.3) is 0 Å². The van der Waals surface area contributed by atoms with Gasteiger partial charge in [0.05, 0.1) is 12.1 Å². The lowest BCUT2D eigenvalue weighted by Crippen LogP contribution is -2.47. The molecule has 1 N–H and O–H groups in total. The van der Waals surface area contributed by atoms with Crippen molar-refractivity contribution < 1.29 is 8.78 Å². The number of tetrazole rings is 1. The van der Waals surface area contributed by atoms with Gasteiger partial charge in [0.2, 0.25) is 5.92 Å². The Hall–Kier alpha value is -3.14. The lowest BCUT2D eigenvalue weighted by atomic mass is 9.92. The first-order chi connectivity index (χ1) is 16.3. The fraction of sp³-hybridized carbons (Fsp3) is 0.500. The van der Waals surface area contributed by atoms with E-state index in [1.165, 1.54) is 15.8 Å². The maximum absolute atomic E-state index is 13.8. The van der Waals surface area contributed by atoms with E-state index in [1.54, 1.807) is 24.0 Å². The summed E-state index contributed by atoms with van der Waals surface area (Å²) >= 11 is 0. The third kappa shape index (κ3) is 4.46. The van der Waals surface area contributed by atoms with Crippen molar-refractivity contribution in [3.05, 3.63) is 69.9 Å². The maximum atomic E-state index is 13.8. The summed E-state index contributed by atoms with van der Waals surface area (Å²) in [6.45, 7) is 0.773. The summed E-state index contributed by atoms with van der Waals surface area (Å²) in [6.07, 6.45) is 2.82. The molecule has 1 fully saturated rings. The van der Waals surface area contributed by atoms with E-state index in [0.717, 1.165) is 18.5 Å². The molecule has 34 heavy (non-hydrogen) atoms. The van der Waals surface area contributed by atoms with Gasteiger partial charge in [-0.15, -0.1) is 5.10 Å². The molecular formula is C24H29F2N7O. The lowest BCUT2D eigenvalue weighted by molar-refractivity contribution is -0.0454. The van der Waals surface area contributed by atoms with Crippen molar-refractivity contribution in [3.8, 4) is 0 Å². The zero-order chi connectivity index (χ0) is 23.9. The predicted molar refractivity (Wildman–Crippen MR) is 124 cm³/mol. The maximum Gasteiger partial charge on any atom is 0.250 e. The lowest BCUT2D eigenvalue weighted by Gasteiger charge is -2.36. The molecule has 2 aromatic heterocycles. The van der Waals surface area contributed by atoms with Crippen LogP contribution in [0.1, 0.15) is 54.7 Å². The third-order valence-corrected chi connectivity index (χ3v) is 7.04. The molecule has 5 rings (SSSR count). The molecule has 2 atom stereocenters. The van der Waals surface area contributed by atoms with Crippen LogP contribution in [0.3, 0.4) is 0 Å². The highest BCUT2D eigenvalue weighted by molar-refractivity contribution is 5.55. The first kappa shape index (κ1) is 22.6. The number of alkyl halides is 2. The van der Waals surface area contributed by atoms with E-state index in [4.69, 9.17) is 0 Å². The Balaban J connectivity index is 1.48. The van der Waals surface area contributed by atoms with Gasteiger partial charge >= 0.3 is 0 Å². The van der Waals surface area contributed by atoms with Gasteiger partial charge in [0.15, 0.2) is 5.82 Å². The second-order valence-corrected chi connectivity index (χ2v) is 9.49. The van der Waals surface area contributed by atoms with Gasteiger partial charge in [0, 0.05) is 57.5 Å². The minimum absolute atomic E-state index is 0.0785. The molecule has 0 amide bonds. The van der Waals surface area contributed by atoms with Gasteiger partial charge in [-0.2, -0.15) is 0 Å². The number of rotatable bonds is 5. The molecule has 0 radical (unpaired) electrons. The Kier molecular flexibility index (Phi) is 5.93. The first-order valence-electron chi connectivity index (χ1n) is 11.7. The molecule has 10 heteroatoms. The van der Waals surface area contributed by atoms with Crippen LogP contribution in [-0.4, -0.2) is 50.3 Å². The number of fused-ring (bicyclic) bond motifs is 1. The number of anilines is 1. The van der Waals surface area contributed by atoms with Gasteiger partial charge in [0.25, 0.3) is 5.56 Å². The van der Waals surface area contributed by atoms with Crippen molar-refractivity contribution in [2.24, 2.45) is 7.05 Å². The molecule has 0 spiro atoms. The number of nitrogens with one attached hydrogen (secondary N) is 1. The van der Waals surface area contributed by atoms with E-state index in [-0.39, 0.29) is 30.5 Å². The van der Waals surface area contributed by atoms with Crippen molar-refractivity contribution in [3.63, 3.8) is 0 Å². The number of likely N-dealkylation sites (N-methyl/N-ethyl adjacent to an activating group) is 1. The molecule has 1 saturated carbocycles. The Labute approximate surface area is 196 Å². The monoisotopic (exact) mass is 469 g/mol. The molecule has 8 nitrogen and oxygen atoms in total. The number of aromatic nitrogens is 5. The van der Waals surface area contributed by atoms with Crippen LogP contribution in [0.5, 0.6) is 0 Å². The van der Waals surface area contributed by atoms with E-state index < -0.39 is 12.0 Å². The average molecular weight is 470 g/mol. The van der Waals surface area contributed by atoms with Gasteiger partial charge < -0.3 is 9.47 Å². The molecule has 0 bridgehead atoms. The van der Waals surface area contributed by atoms with E-state index in [2.05, 4.69) is 44.9 Å².